The average molecular weight is 371 g/mol. The van der Waals surface area contributed by atoms with E-state index in [1.807, 2.05) is 0 Å². The predicted octanol–water partition coefficient (Wildman–Crippen LogP) is 4.42. The molecule has 0 radical (unpaired) electrons. The van der Waals surface area contributed by atoms with Crippen LogP contribution in [0.2, 0.25) is 5.02 Å². The molecule has 0 unspecified atom stereocenters. The number of pyridine rings is 1. The average Bonchev–Trinajstić information content (AvgIpc) is 2.64. The molecule has 3 rings (SSSR count). The van der Waals surface area contributed by atoms with Gasteiger partial charge in [0.25, 0.3) is 0 Å². The Bertz CT molecular complexity index is 1010. The van der Waals surface area contributed by atoms with Crippen molar-refractivity contribution >= 4 is 35.3 Å². The number of aromatic carboxylic acids is 1. The lowest BCUT2D eigenvalue weighted by atomic mass is 10.1. The van der Waals surface area contributed by atoms with Crippen LogP contribution in [0.3, 0.4) is 0 Å². The van der Waals surface area contributed by atoms with Crippen molar-refractivity contribution in [2.24, 2.45) is 0 Å². The van der Waals surface area contributed by atoms with Gasteiger partial charge in [0.15, 0.2) is 0 Å². The maximum atomic E-state index is 13.2. The van der Waals surface area contributed by atoms with Gasteiger partial charge < -0.3 is 10.4 Å². The lowest BCUT2D eigenvalue weighted by Gasteiger charge is -2.10. The third-order valence-electron chi connectivity index (χ3n) is 3.48. The number of nitrogens with one attached hydrogen (secondary N) is 1. The van der Waals surface area contributed by atoms with E-state index in [0.29, 0.717) is 22.5 Å². The lowest BCUT2D eigenvalue weighted by molar-refractivity contribution is 0.0696. The Balaban J connectivity index is 1.95. The molecular formula is C18H12ClFN4O2. The molecule has 0 fully saturated rings. The van der Waals surface area contributed by atoms with Gasteiger partial charge in [0, 0.05) is 35.4 Å². The highest BCUT2D eigenvalue weighted by Crippen LogP contribution is 2.26. The van der Waals surface area contributed by atoms with Crippen LogP contribution in [0.4, 0.5) is 16.0 Å². The van der Waals surface area contributed by atoms with Crippen molar-refractivity contribution in [1.29, 1.82) is 0 Å². The highest BCUT2D eigenvalue weighted by atomic mass is 35.5. The Morgan fingerprint density at radius 1 is 1.27 bits per heavy atom. The third-order valence-corrected chi connectivity index (χ3v) is 3.77. The van der Waals surface area contributed by atoms with Crippen LogP contribution in [-0.4, -0.2) is 26.0 Å². The number of carboxylic acids is 1. The van der Waals surface area contributed by atoms with Gasteiger partial charge in [-0.1, -0.05) is 18.2 Å². The van der Waals surface area contributed by atoms with Crippen molar-refractivity contribution in [3.8, 4) is 11.1 Å². The number of carbonyl (C=O) groups is 1. The first-order valence-electron chi connectivity index (χ1n) is 7.38. The Hall–Kier alpha value is -3.32. The maximum Gasteiger partial charge on any atom is 0.337 e. The first-order chi connectivity index (χ1) is 12.5. The zero-order valence-corrected chi connectivity index (χ0v) is 14.0. The second-order valence-corrected chi connectivity index (χ2v) is 5.63. The smallest absolute Gasteiger partial charge is 0.337 e. The summed E-state index contributed by atoms with van der Waals surface area (Å²) in [5, 5.41) is 12.0. The first-order valence-corrected chi connectivity index (χ1v) is 7.76. The predicted molar refractivity (Wildman–Crippen MR) is 97.0 cm³/mol. The Morgan fingerprint density at radius 2 is 2.08 bits per heavy atom. The van der Waals surface area contributed by atoms with Crippen molar-refractivity contribution in [2.75, 3.05) is 5.32 Å². The zero-order valence-electron chi connectivity index (χ0n) is 13.3. The first kappa shape index (κ1) is 17.5. The molecule has 0 aliphatic carbocycles. The number of rotatable bonds is 5. The molecule has 0 bridgehead atoms. The third kappa shape index (κ3) is 3.68. The molecule has 2 N–H and O–H groups in total. The van der Waals surface area contributed by atoms with Gasteiger partial charge in [0.05, 0.1) is 16.3 Å². The van der Waals surface area contributed by atoms with Crippen LogP contribution < -0.4 is 5.32 Å². The van der Waals surface area contributed by atoms with Crippen molar-refractivity contribution in [3.63, 3.8) is 0 Å². The molecule has 2 aromatic heterocycles. The minimum Gasteiger partial charge on any atom is -0.478 e. The molecule has 0 saturated carbocycles. The van der Waals surface area contributed by atoms with Gasteiger partial charge in [-0.05, 0) is 30.3 Å². The summed E-state index contributed by atoms with van der Waals surface area (Å²) in [6.45, 7) is 3.72. The SMILES string of the molecule is C=Cc1nc(Nc2ccc(F)c(Cl)c2)ncc1-c1cncc(C(=O)O)c1. The molecule has 130 valence electrons. The molecule has 0 saturated heterocycles. The van der Waals surface area contributed by atoms with Crippen LogP contribution in [0, 0.1) is 5.82 Å². The molecule has 1 aromatic carbocycles. The second-order valence-electron chi connectivity index (χ2n) is 5.22. The number of hydrogen-bond donors (Lipinski definition) is 2. The maximum absolute atomic E-state index is 13.2. The Kier molecular flexibility index (Phi) is 4.90. The number of anilines is 2. The molecule has 0 spiro atoms. The summed E-state index contributed by atoms with van der Waals surface area (Å²) in [7, 11) is 0. The van der Waals surface area contributed by atoms with Crippen molar-refractivity contribution in [3.05, 3.63) is 71.5 Å². The highest BCUT2D eigenvalue weighted by molar-refractivity contribution is 6.31. The second kappa shape index (κ2) is 7.28. The summed E-state index contributed by atoms with van der Waals surface area (Å²) < 4.78 is 13.2. The minimum absolute atomic E-state index is 0.0212. The van der Waals surface area contributed by atoms with Crippen molar-refractivity contribution in [1.82, 2.24) is 15.0 Å². The summed E-state index contributed by atoms with van der Waals surface area (Å²) in [6, 6.07) is 5.64. The number of carboxylic acid groups (broad SMARTS) is 1. The fourth-order valence-electron chi connectivity index (χ4n) is 2.24. The van der Waals surface area contributed by atoms with Crippen LogP contribution in [0.25, 0.3) is 17.2 Å². The van der Waals surface area contributed by atoms with E-state index in [1.54, 1.807) is 0 Å². The van der Waals surface area contributed by atoms with E-state index < -0.39 is 11.8 Å². The molecular weight excluding hydrogens is 359 g/mol. The summed E-state index contributed by atoms with van der Waals surface area (Å²) >= 11 is 5.76. The van der Waals surface area contributed by atoms with Gasteiger partial charge >= 0.3 is 5.97 Å². The van der Waals surface area contributed by atoms with Crippen LogP contribution in [0.5, 0.6) is 0 Å². The topological polar surface area (TPSA) is 88.0 Å². The number of nitrogens with zero attached hydrogens (tertiary/aromatic N) is 3. The Morgan fingerprint density at radius 3 is 2.77 bits per heavy atom. The molecule has 8 heteroatoms. The summed E-state index contributed by atoms with van der Waals surface area (Å²) in [4.78, 5) is 23.6. The molecule has 6 nitrogen and oxygen atoms in total. The fourth-order valence-corrected chi connectivity index (χ4v) is 2.42. The number of benzene rings is 1. The molecule has 0 aliphatic rings. The van der Waals surface area contributed by atoms with Gasteiger partial charge in [0.1, 0.15) is 5.82 Å². The van der Waals surface area contributed by atoms with Gasteiger partial charge in [-0.15, -0.1) is 0 Å². The van der Waals surface area contributed by atoms with Crippen molar-refractivity contribution in [2.45, 2.75) is 0 Å². The van der Waals surface area contributed by atoms with Crippen LogP contribution >= 0.6 is 11.6 Å². The van der Waals surface area contributed by atoms with E-state index in [2.05, 4.69) is 26.8 Å². The van der Waals surface area contributed by atoms with Gasteiger partial charge in [-0.25, -0.2) is 19.2 Å². The van der Waals surface area contributed by atoms with Crippen LogP contribution in [0.15, 0.2) is 49.4 Å². The van der Waals surface area contributed by atoms with E-state index in [1.165, 1.54) is 48.9 Å². The molecule has 0 amide bonds. The van der Waals surface area contributed by atoms with E-state index in [-0.39, 0.29) is 16.5 Å². The Labute approximate surface area is 153 Å². The molecule has 2 heterocycles. The lowest BCUT2D eigenvalue weighted by Crippen LogP contribution is -2.01. The largest absolute Gasteiger partial charge is 0.478 e. The molecule has 0 aliphatic heterocycles. The highest BCUT2D eigenvalue weighted by Gasteiger charge is 2.11. The van der Waals surface area contributed by atoms with Crippen LogP contribution in [-0.2, 0) is 0 Å². The van der Waals surface area contributed by atoms with Gasteiger partial charge in [-0.2, -0.15) is 0 Å². The van der Waals surface area contributed by atoms with E-state index in [4.69, 9.17) is 16.7 Å². The molecule has 3 aromatic rings. The van der Waals surface area contributed by atoms with E-state index in [0.717, 1.165) is 0 Å². The monoisotopic (exact) mass is 370 g/mol. The number of halogens is 2. The molecule has 26 heavy (non-hydrogen) atoms. The normalized spacial score (nSPS) is 10.4. The zero-order chi connectivity index (χ0) is 18.7. The quantitative estimate of drug-likeness (QED) is 0.691. The summed E-state index contributed by atoms with van der Waals surface area (Å²) in [6.07, 6.45) is 5.83. The summed E-state index contributed by atoms with van der Waals surface area (Å²) in [5.41, 5.74) is 2.20. The number of hydrogen-bond acceptors (Lipinski definition) is 5. The minimum atomic E-state index is -1.08. The summed E-state index contributed by atoms with van der Waals surface area (Å²) in [5.74, 6) is -1.34. The standard InChI is InChI=1S/C18H12ClFN4O2/c1-2-16-13(10-5-11(17(25)26)8-21-7-10)9-22-18(24-16)23-12-3-4-15(20)14(19)6-12/h2-9H,1H2,(H,25,26)(H,22,23,24). The van der Waals surface area contributed by atoms with E-state index >= 15 is 0 Å². The van der Waals surface area contributed by atoms with Crippen molar-refractivity contribution < 1.29 is 14.3 Å². The molecule has 0 atom stereocenters. The number of aromatic nitrogens is 3. The fraction of sp³-hybridized carbons (Fsp3) is 0. The van der Waals surface area contributed by atoms with Gasteiger partial charge in [0.2, 0.25) is 5.95 Å². The van der Waals surface area contributed by atoms with E-state index in [9.17, 15) is 9.18 Å². The van der Waals surface area contributed by atoms with Crippen LogP contribution in [0.1, 0.15) is 16.1 Å². The van der Waals surface area contributed by atoms with Gasteiger partial charge in [-0.3, -0.25) is 4.98 Å².